The molecule has 2 heterocycles. The molecule has 0 amide bonds. The zero-order chi connectivity index (χ0) is 18.7. The lowest BCUT2D eigenvalue weighted by atomic mass is 10.1. The number of H-pyrrole nitrogens is 1. The van der Waals surface area contributed by atoms with Crippen molar-refractivity contribution in [2.45, 2.75) is 37.6 Å². The van der Waals surface area contributed by atoms with Crippen LogP contribution in [0.25, 0.3) is 11.1 Å². The van der Waals surface area contributed by atoms with Crippen molar-refractivity contribution in [2.24, 2.45) is 0 Å². The van der Waals surface area contributed by atoms with E-state index in [9.17, 15) is 8.42 Å². The van der Waals surface area contributed by atoms with Gasteiger partial charge in [0, 0.05) is 29.4 Å². The first-order valence-electron chi connectivity index (χ1n) is 8.88. The normalized spacial score (nSPS) is 18.3. The van der Waals surface area contributed by atoms with E-state index < -0.39 is 10.0 Å². The number of likely N-dealkylation sites (N-methyl/N-ethyl adjacent to an activating group) is 1. The first-order valence-corrected chi connectivity index (χ1v) is 10.4. The first-order chi connectivity index (χ1) is 12.5. The smallest absolute Gasteiger partial charge is 0.240 e. The van der Waals surface area contributed by atoms with Crippen molar-refractivity contribution < 1.29 is 13.2 Å². The quantitative estimate of drug-likeness (QED) is 0.771. The van der Waals surface area contributed by atoms with Crippen molar-refractivity contribution in [3.8, 4) is 16.9 Å². The number of nitrogens with zero attached hydrogens (tertiary/aromatic N) is 2. The maximum absolute atomic E-state index is 12.8. The van der Waals surface area contributed by atoms with Gasteiger partial charge in [0.15, 0.2) is 0 Å². The number of benzene rings is 1. The molecule has 142 valence electrons. The summed E-state index contributed by atoms with van der Waals surface area (Å²) in [6.45, 7) is 6.41. The van der Waals surface area contributed by atoms with Crippen LogP contribution in [-0.4, -0.2) is 56.3 Å². The van der Waals surface area contributed by atoms with Crippen LogP contribution in [0.4, 0.5) is 0 Å². The Balaban J connectivity index is 1.85. The molecule has 0 radical (unpaired) electrons. The van der Waals surface area contributed by atoms with Gasteiger partial charge in [-0.1, -0.05) is 6.92 Å². The van der Waals surface area contributed by atoms with Crippen LogP contribution >= 0.6 is 0 Å². The Morgan fingerprint density at radius 1 is 1.38 bits per heavy atom. The molecule has 0 aliphatic carbocycles. The van der Waals surface area contributed by atoms with Gasteiger partial charge in [-0.2, -0.15) is 5.10 Å². The lowest BCUT2D eigenvalue weighted by Crippen LogP contribution is -2.39. The van der Waals surface area contributed by atoms with Crippen molar-refractivity contribution in [1.82, 2.24) is 19.8 Å². The van der Waals surface area contributed by atoms with Crippen LogP contribution in [0, 0.1) is 6.92 Å². The highest BCUT2D eigenvalue weighted by atomic mass is 32.2. The number of rotatable bonds is 7. The monoisotopic (exact) mass is 378 g/mol. The molecule has 8 heteroatoms. The minimum atomic E-state index is -3.59. The van der Waals surface area contributed by atoms with Crippen LogP contribution in [0.1, 0.15) is 25.5 Å². The van der Waals surface area contributed by atoms with Crippen LogP contribution in [0.3, 0.4) is 0 Å². The summed E-state index contributed by atoms with van der Waals surface area (Å²) >= 11 is 0. The Morgan fingerprint density at radius 2 is 2.19 bits per heavy atom. The van der Waals surface area contributed by atoms with E-state index in [1.54, 1.807) is 31.5 Å². The molecule has 1 fully saturated rings. The Kier molecular flexibility index (Phi) is 5.64. The van der Waals surface area contributed by atoms with E-state index in [4.69, 9.17) is 4.74 Å². The van der Waals surface area contributed by atoms with E-state index in [0.29, 0.717) is 17.9 Å². The topological polar surface area (TPSA) is 87.3 Å². The zero-order valence-electron chi connectivity index (χ0n) is 15.4. The molecule has 1 aromatic heterocycles. The van der Waals surface area contributed by atoms with Gasteiger partial charge in [-0.25, -0.2) is 13.1 Å². The second-order valence-electron chi connectivity index (χ2n) is 6.55. The van der Waals surface area contributed by atoms with Crippen LogP contribution in [0.15, 0.2) is 29.3 Å². The summed E-state index contributed by atoms with van der Waals surface area (Å²) in [5, 5.41) is 6.89. The molecule has 3 rings (SSSR count). The van der Waals surface area contributed by atoms with Crippen molar-refractivity contribution in [2.75, 3.05) is 26.7 Å². The minimum absolute atomic E-state index is 0.231. The molecule has 2 N–H and O–H groups in total. The molecule has 2 aromatic rings. The number of hydrogen-bond donors (Lipinski definition) is 2. The van der Waals surface area contributed by atoms with Gasteiger partial charge < -0.3 is 4.74 Å². The highest BCUT2D eigenvalue weighted by Crippen LogP contribution is 2.33. The molecular formula is C18H26N4O3S. The van der Waals surface area contributed by atoms with Crippen LogP contribution < -0.4 is 9.46 Å². The highest BCUT2D eigenvalue weighted by molar-refractivity contribution is 7.89. The number of sulfonamides is 1. The standard InChI is InChI=1S/C18H26N4O3S/c1-4-22-9-5-6-14(22)11-20-26(23,24)15-7-8-18(25-3)16(10-15)17-12-19-21-13(17)2/h7-8,10,12,14,20H,4-6,9,11H2,1-3H3,(H,19,21). The molecule has 1 aliphatic heterocycles. The maximum Gasteiger partial charge on any atom is 0.240 e. The second kappa shape index (κ2) is 7.77. The molecule has 26 heavy (non-hydrogen) atoms. The predicted octanol–water partition coefficient (Wildman–Crippen LogP) is 2.16. The highest BCUT2D eigenvalue weighted by Gasteiger charge is 2.25. The third-order valence-electron chi connectivity index (χ3n) is 5.02. The average molecular weight is 378 g/mol. The zero-order valence-corrected chi connectivity index (χ0v) is 16.3. The summed E-state index contributed by atoms with van der Waals surface area (Å²) in [5.74, 6) is 0.612. The van der Waals surface area contributed by atoms with Crippen LogP contribution in [-0.2, 0) is 10.0 Å². The van der Waals surface area contributed by atoms with Gasteiger partial charge in [-0.15, -0.1) is 0 Å². The summed E-state index contributed by atoms with van der Waals surface area (Å²) in [5.41, 5.74) is 2.39. The van der Waals surface area contributed by atoms with Gasteiger partial charge in [-0.3, -0.25) is 10.00 Å². The van der Waals surface area contributed by atoms with E-state index in [-0.39, 0.29) is 10.9 Å². The van der Waals surface area contributed by atoms with Crippen molar-refractivity contribution >= 4 is 10.0 Å². The van der Waals surface area contributed by atoms with Gasteiger partial charge in [-0.05, 0) is 51.1 Å². The van der Waals surface area contributed by atoms with Crippen LogP contribution in [0.5, 0.6) is 5.75 Å². The number of likely N-dealkylation sites (tertiary alicyclic amines) is 1. The van der Waals surface area contributed by atoms with E-state index in [0.717, 1.165) is 37.2 Å². The molecule has 7 nitrogen and oxygen atoms in total. The molecule has 0 bridgehead atoms. The van der Waals surface area contributed by atoms with E-state index in [1.807, 2.05) is 6.92 Å². The second-order valence-corrected chi connectivity index (χ2v) is 8.31. The fourth-order valence-corrected chi connectivity index (χ4v) is 4.62. The molecular weight excluding hydrogens is 352 g/mol. The number of ether oxygens (including phenoxy) is 1. The Bertz CT molecular complexity index is 863. The van der Waals surface area contributed by atoms with E-state index >= 15 is 0 Å². The van der Waals surface area contributed by atoms with Gasteiger partial charge >= 0.3 is 0 Å². The van der Waals surface area contributed by atoms with Crippen molar-refractivity contribution in [1.29, 1.82) is 0 Å². The molecule has 1 aliphatic rings. The molecule has 0 spiro atoms. The Labute approximate surface area is 154 Å². The third kappa shape index (κ3) is 3.77. The van der Waals surface area contributed by atoms with E-state index in [2.05, 4.69) is 26.7 Å². The lowest BCUT2D eigenvalue weighted by Gasteiger charge is -2.23. The van der Waals surface area contributed by atoms with Gasteiger partial charge in [0.1, 0.15) is 5.75 Å². The largest absolute Gasteiger partial charge is 0.496 e. The SMILES string of the molecule is CCN1CCCC1CNS(=O)(=O)c1ccc(OC)c(-c2cn[nH]c2C)c1. The van der Waals surface area contributed by atoms with Gasteiger partial charge in [0.2, 0.25) is 10.0 Å². The average Bonchev–Trinajstić information content (AvgIpc) is 3.27. The third-order valence-corrected chi connectivity index (χ3v) is 6.44. The number of aromatic amines is 1. The summed E-state index contributed by atoms with van der Waals surface area (Å²) in [6.07, 6.45) is 3.82. The summed E-state index contributed by atoms with van der Waals surface area (Å²) in [6, 6.07) is 5.17. The summed E-state index contributed by atoms with van der Waals surface area (Å²) in [7, 11) is -2.02. The fourth-order valence-electron chi connectivity index (χ4n) is 3.52. The Hall–Kier alpha value is -1.90. The van der Waals surface area contributed by atoms with Crippen LogP contribution in [0.2, 0.25) is 0 Å². The lowest BCUT2D eigenvalue weighted by molar-refractivity contribution is 0.268. The number of aryl methyl sites for hydroxylation is 1. The predicted molar refractivity (Wildman–Crippen MR) is 101 cm³/mol. The van der Waals surface area contributed by atoms with Gasteiger partial charge in [0.05, 0.1) is 18.2 Å². The maximum atomic E-state index is 12.8. The molecule has 1 saturated heterocycles. The number of methoxy groups -OCH3 is 1. The number of hydrogen-bond acceptors (Lipinski definition) is 5. The Morgan fingerprint density at radius 3 is 2.85 bits per heavy atom. The minimum Gasteiger partial charge on any atom is -0.496 e. The molecule has 1 atom stereocenters. The van der Waals surface area contributed by atoms with Crippen molar-refractivity contribution in [3.05, 3.63) is 30.1 Å². The molecule has 0 saturated carbocycles. The molecule has 1 unspecified atom stereocenters. The number of nitrogens with one attached hydrogen (secondary N) is 2. The first kappa shape index (κ1) is 18.9. The van der Waals surface area contributed by atoms with Crippen molar-refractivity contribution in [3.63, 3.8) is 0 Å². The van der Waals surface area contributed by atoms with Gasteiger partial charge in [0.25, 0.3) is 0 Å². The number of aromatic nitrogens is 2. The summed E-state index contributed by atoms with van der Waals surface area (Å²) in [4.78, 5) is 2.55. The summed E-state index contributed by atoms with van der Waals surface area (Å²) < 4.78 is 33.8. The van der Waals surface area contributed by atoms with E-state index in [1.165, 1.54) is 0 Å². The fraction of sp³-hybridized carbons (Fsp3) is 0.500. The molecule has 1 aromatic carbocycles.